The lowest BCUT2D eigenvalue weighted by Crippen LogP contribution is -2.35. The van der Waals surface area contributed by atoms with Crippen LogP contribution in [0.3, 0.4) is 0 Å². The minimum atomic E-state index is -1.17. The molecule has 0 amide bonds. The first-order valence-electron chi connectivity index (χ1n) is 3.83. The molecule has 0 saturated carbocycles. The molecule has 0 aliphatic rings. The van der Waals surface area contributed by atoms with Gasteiger partial charge in [0.15, 0.2) is 6.61 Å². The van der Waals surface area contributed by atoms with Crippen LogP contribution in [0.4, 0.5) is 0 Å². The maximum atomic E-state index is 11.4. The number of hydrogen-bond acceptors (Lipinski definition) is 5. The van der Waals surface area contributed by atoms with Crippen LogP contribution in [0.5, 0.6) is 0 Å². The highest BCUT2D eigenvalue weighted by Crippen LogP contribution is 1.87. The van der Waals surface area contributed by atoms with Gasteiger partial charge in [-0.3, -0.25) is 4.79 Å². The molecule has 0 heterocycles. The van der Waals surface area contributed by atoms with Crippen molar-refractivity contribution in [1.82, 2.24) is 0 Å². The average molecular weight is 228 g/mol. The smallest absolute Gasteiger partial charge is 0.453 e. The number of ketones is 1. The first-order valence-corrected chi connectivity index (χ1v) is 3.83. The van der Waals surface area contributed by atoms with E-state index in [4.69, 9.17) is 11.1 Å². The highest BCUT2D eigenvalue weighted by molar-refractivity contribution is 6.77. The molecule has 0 aliphatic carbocycles. The van der Waals surface area contributed by atoms with Gasteiger partial charge in [-0.25, -0.2) is 14.6 Å². The fourth-order valence-corrected chi connectivity index (χ4v) is 0.667. The normalized spacial score (nSPS) is 8.62. The minimum Gasteiger partial charge on any atom is -0.460 e. The zero-order chi connectivity index (χ0) is 12.6. The van der Waals surface area contributed by atoms with Crippen LogP contribution in [0, 0.1) is 0 Å². The van der Waals surface area contributed by atoms with Crippen LogP contribution in [0.1, 0.15) is 0 Å². The lowest BCUT2D eigenvalue weighted by Gasteiger charge is -1.93. The summed E-state index contributed by atoms with van der Waals surface area (Å²) in [6.07, 6.45) is 0. The molecule has 16 heavy (non-hydrogen) atoms. The third-order valence-corrected chi connectivity index (χ3v) is 1.39. The Labute approximate surface area is 89.7 Å². The standard InChI is InChI=1S/C7H8N4O5/c1-14-7(13)5(11-9)6(12)4(10-8)3-16-15-2/h3H2,1-2H3. The van der Waals surface area contributed by atoms with Gasteiger partial charge in [-0.15, -0.1) is 0 Å². The second-order valence-electron chi connectivity index (χ2n) is 2.24. The molecule has 0 saturated heterocycles. The predicted octanol–water partition coefficient (Wildman–Crippen LogP) is -1.35. The fourth-order valence-electron chi connectivity index (χ4n) is 0.667. The minimum absolute atomic E-state index is 0.526. The molecule has 0 atom stereocenters. The Hall–Kier alpha value is -2.18. The number of hydrogen-bond donors (Lipinski definition) is 0. The number of rotatable bonds is 6. The Morgan fingerprint density at radius 2 is 1.81 bits per heavy atom. The summed E-state index contributed by atoms with van der Waals surface area (Å²) in [6.45, 7) is -0.526. The molecule has 0 fully saturated rings. The van der Waals surface area contributed by atoms with Gasteiger partial charge in [0.25, 0.3) is 0 Å². The number of nitrogens with zero attached hydrogens (tertiary/aromatic N) is 4. The predicted molar refractivity (Wildman–Crippen MR) is 47.2 cm³/mol. The Morgan fingerprint density at radius 1 is 1.19 bits per heavy atom. The van der Waals surface area contributed by atoms with Crippen LogP contribution in [-0.2, 0) is 24.1 Å². The molecular formula is C7H8N4O5. The number of esters is 1. The first kappa shape index (κ1) is 13.8. The number of methoxy groups -OCH3 is 1. The quantitative estimate of drug-likeness (QED) is 0.105. The summed E-state index contributed by atoms with van der Waals surface area (Å²) in [5.41, 5.74) is 15.4. The molecule has 0 aromatic heterocycles. The summed E-state index contributed by atoms with van der Waals surface area (Å²) in [5.74, 6) is -2.32. The van der Waals surface area contributed by atoms with E-state index < -0.39 is 29.8 Å². The van der Waals surface area contributed by atoms with E-state index in [2.05, 4.69) is 24.1 Å². The van der Waals surface area contributed by atoms with Crippen LogP contribution in [0.2, 0.25) is 0 Å². The average Bonchev–Trinajstić information content (AvgIpc) is 2.30. The molecular weight excluding hydrogens is 220 g/mol. The van der Waals surface area contributed by atoms with Gasteiger partial charge < -0.3 is 15.8 Å². The van der Waals surface area contributed by atoms with E-state index in [1.54, 1.807) is 0 Å². The Kier molecular flexibility index (Phi) is 6.18. The van der Waals surface area contributed by atoms with Gasteiger partial charge in [-0.2, -0.15) is 9.58 Å². The summed E-state index contributed by atoms with van der Waals surface area (Å²) in [6, 6.07) is 0. The summed E-state index contributed by atoms with van der Waals surface area (Å²) < 4.78 is 4.16. The van der Waals surface area contributed by atoms with Gasteiger partial charge in [-0.05, 0) is 0 Å². The van der Waals surface area contributed by atoms with E-state index in [1.165, 1.54) is 7.11 Å². The van der Waals surface area contributed by atoms with E-state index in [-0.39, 0.29) is 0 Å². The fraction of sp³-hybridized carbons (Fsp3) is 0.429. The second kappa shape index (κ2) is 7.16. The summed E-state index contributed by atoms with van der Waals surface area (Å²) >= 11 is 0. The number of Topliss-reactive ketones (excluding diaryl/α,β-unsaturated/α-hetero) is 1. The Morgan fingerprint density at radius 3 is 2.19 bits per heavy atom. The molecule has 9 nitrogen and oxygen atoms in total. The molecule has 0 aliphatic heterocycles. The second-order valence-corrected chi connectivity index (χ2v) is 2.24. The van der Waals surface area contributed by atoms with Gasteiger partial charge in [0.2, 0.25) is 0 Å². The molecule has 0 bridgehead atoms. The van der Waals surface area contributed by atoms with E-state index in [0.29, 0.717) is 0 Å². The van der Waals surface area contributed by atoms with Crippen molar-refractivity contribution >= 4 is 23.2 Å². The van der Waals surface area contributed by atoms with Crippen molar-refractivity contribution in [3.8, 4) is 0 Å². The maximum Gasteiger partial charge on any atom is 0.453 e. The van der Waals surface area contributed by atoms with Crippen LogP contribution >= 0.6 is 0 Å². The molecule has 0 rings (SSSR count). The molecule has 9 heteroatoms. The van der Waals surface area contributed by atoms with Crippen molar-refractivity contribution in [2.75, 3.05) is 20.8 Å². The van der Waals surface area contributed by atoms with Gasteiger partial charge >= 0.3 is 23.2 Å². The van der Waals surface area contributed by atoms with Gasteiger partial charge in [0, 0.05) is 0 Å². The Bertz CT molecular complexity index is 392. The third kappa shape index (κ3) is 3.52. The Balaban J connectivity index is 4.95. The van der Waals surface area contributed by atoms with Crippen molar-refractivity contribution < 1.29 is 33.7 Å². The zero-order valence-corrected chi connectivity index (χ0v) is 8.54. The summed E-state index contributed by atoms with van der Waals surface area (Å²) in [5, 5.41) is 0. The number of ether oxygens (including phenoxy) is 1. The zero-order valence-electron chi connectivity index (χ0n) is 8.54. The van der Waals surface area contributed by atoms with Crippen molar-refractivity contribution in [3.63, 3.8) is 0 Å². The molecule has 0 unspecified atom stereocenters. The topological polar surface area (TPSA) is 135 Å². The maximum absolute atomic E-state index is 11.4. The van der Waals surface area contributed by atoms with E-state index in [1.807, 2.05) is 0 Å². The van der Waals surface area contributed by atoms with E-state index in [0.717, 1.165) is 7.11 Å². The SMILES string of the molecule is COOCC(=[N+]=[N-])C(=O)C(=[N+]=[N-])C(=O)OC. The van der Waals surface area contributed by atoms with E-state index >= 15 is 0 Å². The van der Waals surface area contributed by atoms with Crippen LogP contribution in [0.15, 0.2) is 0 Å². The first-order chi connectivity index (χ1) is 7.62. The molecule has 0 aromatic rings. The van der Waals surface area contributed by atoms with Crippen molar-refractivity contribution in [1.29, 1.82) is 0 Å². The number of carbonyl (C=O) groups is 2. The van der Waals surface area contributed by atoms with Gasteiger partial charge in [0.1, 0.15) is 0 Å². The molecule has 0 spiro atoms. The van der Waals surface area contributed by atoms with Crippen molar-refractivity contribution in [2.45, 2.75) is 0 Å². The number of carbonyl (C=O) groups excluding carboxylic acids is 2. The van der Waals surface area contributed by atoms with E-state index in [9.17, 15) is 9.59 Å². The highest BCUT2D eigenvalue weighted by atomic mass is 17.2. The molecule has 0 radical (unpaired) electrons. The molecule has 86 valence electrons. The molecule has 0 aromatic carbocycles. The van der Waals surface area contributed by atoms with Crippen LogP contribution < -0.4 is 0 Å². The van der Waals surface area contributed by atoms with Gasteiger partial charge in [-0.1, -0.05) is 0 Å². The summed E-state index contributed by atoms with van der Waals surface area (Å²) in [7, 11) is 2.16. The van der Waals surface area contributed by atoms with Gasteiger partial charge in [0.05, 0.1) is 14.2 Å². The van der Waals surface area contributed by atoms with Crippen LogP contribution in [0.25, 0.3) is 11.1 Å². The summed E-state index contributed by atoms with van der Waals surface area (Å²) in [4.78, 5) is 35.8. The monoisotopic (exact) mass is 228 g/mol. The van der Waals surface area contributed by atoms with Crippen molar-refractivity contribution in [2.24, 2.45) is 0 Å². The highest BCUT2D eigenvalue weighted by Gasteiger charge is 2.39. The van der Waals surface area contributed by atoms with Crippen LogP contribution in [-0.4, -0.2) is 53.6 Å². The largest absolute Gasteiger partial charge is 0.460 e. The third-order valence-electron chi connectivity index (χ3n) is 1.39. The molecule has 0 N–H and O–H groups in total. The lowest BCUT2D eigenvalue weighted by molar-refractivity contribution is -0.263. The van der Waals surface area contributed by atoms with Crippen molar-refractivity contribution in [3.05, 3.63) is 11.1 Å². The lowest BCUT2D eigenvalue weighted by atomic mass is 10.1.